The molecule has 0 aromatic carbocycles. The smallest absolute Gasteiger partial charge is 0.302 e. The minimum atomic E-state index is -0.330. The SMILES string of the molecule is C/C=C/C#CC#C/C=C/C=C/C(CCOC(C)=O)C(=O)CC(C)C. The van der Waals surface area contributed by atoms with Crippen LogP contribution in [0.1, 0.15) is 40.5 Å². The van der Waals surface area contributed by atoms with Gasteiger partial charge in [-0.3, -0.25) is 9.59 Å². The van der Waals surface area contributed by atoms with E-state index in [1.54, 1.807) is 24.3 Å². The molecular weight excluding hydrogens is 300 g/mol. The van der Waals surface area contributed by atoms with E-state index < -0.39 is 0 Å². The lowest BCUT2D eigenvalue weighted by molar-refractivity contribution is -0.141. The number of Topliss-reactive ketones (excluding diaryl/α,β-unsaturated/α-hetero) is 1. The summed E-state index contributed by atoms with van der Waals surface area (Å²) in [6.45, 7) is 7.52. The Morgan fingerprint density at radius 2 is 1.75 bits per heavy atom. The van der Waals surface area contributed by atoms with Crippen LogP contribution in [0.5, 0.6) is 0 Å². The Hall–Kier alpha value is -2.52. The fraction of sp³-hybridized carbons (Fsp3) is 0.429. The summed E-state index contributed by atoms with van der Waals surface area (Å²) in [6, 6.07) is 0. The molecule has 128 valence electrons. The van der Waals surface area contributed by atoms with Crippen molar-refractivity contribution in [2.75, 3.05) is 6.61 Å². The second-order valence-corrected chi connectivity index (χ2v) is 5.58. The molecule has 0 radical (unpaired) electrons. The molecule has 0 amide bonds. The maximum atomic E-state index is 12.2. The molecule has 0 aliphatic carbocycles. The van der Waals surface area contributed by atoms with E-state index in [0.717, 1.165) is 0 Å². The van der Waals surface area contributed by atoms with E-state index in [1.807, 2.05) is 32.9 Å². The van der Waals surface area contributed by atoms with Gasteiger partial charge in [0.1, 0.15) is 5.78 Å². The summed E-state index contributed by atoms with van der Waals surface area (Å²) in [6.07, 6.45) is 11.7. The molecule has 0 aromatic heterocycles. The highest BCUT2D eigenvalue weighted by Gasteiger charge is 2.16. The first-order valence-electron chi connectivity index (χ1n) is 8.09. The van der Waals surface area contributed by atoms with Crippen LogP contribution in [0.25, 0.3) is 0 Å². The number of carbonyl (C=O) groups is 2. The summed E-state index contributed by atoms with van der Waals surface area (Å²) in [7, 11) is 0. The van der Waals surface area contributed by atoms with E-state index in [1.165, 1.54) is 6.92 Å². The molecule has 1 atom stereocenters. The minimum Gasteiger partial charge on any atom is -0.466 e. The van der Waals surface area contributed by atoms with Crippen LogP contribution in [0.15, 0.2) is 36.5 Å². The van der Waals surface area contributed by atoms with Crippen LogP contribution in [-0.2, 0) is 14.3 Å². The molecule has 0 heterocycles. The Morgan fingerprint density at radius 1 is 1.08 bits per heavy atom. The molecule has 0 bridgehead atoms. The Balaban J connectivity index is 4.64. The molecule has 3 nitrogen and oxygen atoms in total. The topological polar surface area (TPSA) is 43.4 Å². The molecule has 0 saturated heterocycles. The molecule has 0 spiro atoms. The highest BCUT2D eigenvalue weighted by atomic mass is 16.5. The predicted molar refractivity (Wildman–Crippen MR) is 97.8 cm³/mol. The van der Waals surface area contributed by atoms with E-state index >= 15 is 0 Å². The summed E-state index contributed by atoms with van der Waals surface area (Å²) in [4.78, 5) is 23.1. The fourth-order valence-corrected chi connectivity index (χ4v) is 1.79. The third-order valence-corrected chi connectivity index (χ3v) is 2.85. The monoisotopic (exact) mass is 326 g/mol. The number of hydrogen-bond acceptors (Lipinski definition) is 3. The molecule has 1 unspecified atom stereocenters. The highest BCUT2D eigenvalue weighted by molar-refractivity contribution is 5.82. The van der Waals surface area contributed by atoms with Gasteiger partial charge in [0.25, 0.3) is 0 Å². The van der Waals surface area contributed by atoms with Crippen molar-refractivity contribution >= 4 is 11.8 Å². The number of esters is 1. The van der Waals surface area contributed by atoms with Crippen molar-refractivity contribution in [3.05, 3.63) is 36.5 Å². The van der Waals surface area contributed by atoms with Crippen LogP contribution in [-0.4, -0.2) is 18.4 Å². The molecule has 0 rings (SSSR count). The van der Waals surface area contributed by atoms with Crippen LogP contribution in [0.2, 0.25) is 0 Å². The third kappa shape index (κ3) is 13.2. The average molecular weight is 326 g/mol. The molecule has 0 saturated carbocycles. The number of ether oxygens (including phenoxy) is 1. The molecule has 0 N–H and O–H groups in total. The number of ketones is 1. The van der Waals surface area contributed by atoms with Gasteiger partial charge in [0.05, 0.1) is 6.61 Å². The van der Waals surface area contributed by atoms with Gasteiger partial charge in [0.15, 0.2) is 0 Å². The van der Waals surface area contributed by atoms with E-state index in [4.69, 9.17) is 4.74 Å². The molecule has 24 heavy (non-hydrogen) atoms. The summed E-state index contributed by atoms with van der Waals surface area (Å²) in [5, 5.41) is 0. The maximum Gasteiger partial charge on any atom is 0.302 e. The van der Waals surface area contributed by atoms with Gasteiger partial charge in [0, 0.05) is 19.3 Å². The normalized spacial score (nSPS) is 12.0. The highest BCUT2D eigenvalue weighted by Crippen LogP contribution is 2.14. The summed E-state index contributed by atoms with van der Waals surface area (Å²) in [5.41, 5.74) is 0. The Morgan fingerprint density at radius 3 is 2.33 bits per heavy atom. The first kappa shape index (κ1) is 21.5. The zero-order valence-corrected chi connectivity index (χ0v) is 15.0. The lowest BCUT2D eigenvalue weighted by Gasteiger charge is -2.13. The van der Waals surface area contributed by atoms with Gasteiger partial charge in [-0.15, -0.1) is 0 Å². The zero-order chi connectivity index (χ0) is 18.2. The standard InChI is InChI=1S/C21H26O3/c1-5-6-7-8-9-10-11-12-13-14-20(15-16-24-19(4)22)21(23)17-18(2)3/h5-6,11-14,18,20H,15-17H2,1-4H3/b6-5+,12-11+,14-13+. The summed E-state index contributed by atoms with van der Waals surface area (Å²) < 4.78 is 4.93. The van der Waals surface area contributed by atoms with Crippen molar-refractivity contribution in [3.63, 3.8) is 0 Å². The lowest BCUT2D eigenvalue weighted by Crippen LogP contribution is -2.17. The summed E-state index contributed by atoms with van der Waals surface area (Å²) >= 11 is 0. The van der Waals surface area contributed by atoms with Crippen molar-refractivity contribution in [2.24, 2.45) is 11.8 Å². The molecule has 0 aliphatic rings. The quantitative estimate of drug-likeness (QED) is 0.386. The van der Waals surface area contributed by atoms with Gasteiger partial charge >= 0.3 is 5.97 Å². The van der Waals surface area contributed by atoms with Crippen LogP contribution in [0, 0.1) is 35.5 Å². The molecular formula is C21H26O3. The zero-order valence-electron chi connectivity index (χ0n) is 15.0. The van der Waals surface area contributed by atoms with Crippen molar-refractivity contribution in [3.8, 4) is 23.7 Å². The predicted octanol–water partition coefficient (Wildman–Crippen LogP) is 3.87. The van der Waals surface area contributed by atoms with E-state index in [0.29, 0.717) is 18.8 Å². The average Bonchev–Trinajstić information content (AvgIpc) is 2.50. The van der Waals surface area contributed by atoms with Crippen molar-refractivity contribution in [2.45, 2.75) is 40.5 Å². The largest absolute Gasteiger partial charge is 0.466 e. The van der Waals surface area contributed by atoms with Crippen LogP contribution in [0.3, 0.4) is 0 Å². The van der Waals surface area contributed by atoms with Crippen LogP contribution >= 0.6 is 0 Å². The van der Waals surface area contributed by atoms with Gasteiger partial charge in [0.2, 0.25) is 0 Å². The van der Waals surface area contributed by atoms with Crippen LogP contribution < -0.4 is 0 Å². The Labute approximate surface area is 145 Å². The third-order valence-electron chi connectivity index (χ3n) is 2.85. The minimum absolute atomic E-state index is 0.158. The molecule has 0 fully saturated rings. The van der Waals surface area contributed by atoms with Gasteiger partial charge in [-0.25, -0.2) is 0 Å². The van der Waals surface area contributed by atoms with E-state index in [-0.39, 0.29) is 24.3 Å². The fourth-order valence-electron chi connectivity index (χ4n) is 1.79. The molecule has 0 aliphatic heterocycles. The number of carbonyl (C=O) groups excluding carboxylic acids is 2. The molecule has 0 aromatic rings. The van der Waals surface area contributed by atoms with E-state index in [9.17, 15) is 9.59 Å². The Kier molecular flexibility index (Phi) is 12.6. The first-order chi connectivity index (χ1) is 11.5. The molecule has 3 heteroatoms. The first-order valence-corrected chi connectivity index (χ1v) is 8.09. The number of allylic oxidation sites excluding steroid dienone is 6. The lowest BCUT2D eigenvalue weighted by atomic mass is 9.93. The summed E-state index contributed by atoms with van der Waals surface area (Å²) in [5.74, 6) is 10.8. The van der Waals surface area contributed by atoms with Gasteiger partial charge in [-0.2, -0.15) is 0 Å². The maximum absolute atomic E-state index is 12.2. The van der Waals surface area contributed by atoms with Crippen molar-refractivity contribution in [1.82, 2.24) is 0 Å². The van der Waals surface area contributed by atoms with Crippen molar-refractivity contribution < 1.29 is 14.3 Å². The second-order valence-electron chi connectivity index (χ2n) is 5.58. The number of rotatable bonds is 8. The van der Waals surface area contributed by atoms with Crippen molar-refractivity contribution in [1.29, 1.82) is 0 Å². The second kappa shape index (κ2) is 14.1. The number of hydrogen-bond donors (Lipinski definition) is 0. The van der Waals surface area contributed by atoms with Crippen LogP contribution in [0.4, 0.5) is 0 Å². The van der Waals surface area contributed by atoms with Gasteiger partial charge in [-0.1, -0.05) is 50.0 Å². The van der Waals surface area contributed by atoms with E-state index in [2.05, 4.69) is 23.7 Å². The Bertz CT molecular complexity index is 598. The van der Waals surface area contributed by atoms with Gasteiger partial charge < -0.3 is 4.74 Å². The van der Waals surface area contributed by atoms with Gasteiger partial charge in [-0.05, 0) is 43.3 Å².